The summed E-state index contributed by atoms with van der Waals surface area (Å²) >= 11 is 0. The van der Waals surface area contributed by atoms with Crippen LogP contribution in [0.25, 0.3) is 0 Å². The number of hydrogen-bond donors (Lipinski definition) is 1. The van der Waals surface area contributed by atoms with Crippen LogP contribution < -0.4 is 14.8 Å². The Morgan fingerprint density at radius 1 is 1.33 bits per heavy atom. The second-order valence-corrected chi connectivity index (χ2v) is 3.97. The van der Waals surface area contributed by atoms with Crippen LogP contribution in [0, 0.1) is 0 Å². The molecule has 0 aliphatic carbocycles. The predicted octanol–water partition coefficient (Wildman–Crippen LogP) is 1.27. The Morgan fingerprint density at radius 2 is 2.11 bits per heavy atom. The van der Waals surface area contributed by atoms with Gasteiger partial charge in [0.25, 0.3) is 5.91 Å². The van der Waals surface area contributed by atoms with Gasteiger partial charge in [-0.05, 0) is 19.1 Å². The van der Waals surface area contributed by atoms with Crippen molar-refractivity contribution < 1.29 is 19.1 Å². The van der Waals surface area contributed by atoms with E-state index in [2.05, 4.69) is 5.32 Å². The smallest absolute Gasteiger partial charge is 0.267 e. The summed E-state index contributed by atoms with van der Waals surface area (Å²) in [7, 11) is 0. The number of ether oxygens (including phenoxy) is 2. The maximum Gasteiger partial charge on any atom is 0.267 e. The van der Waals surface area contributed by atoms with Crippen molar-refractivity contribution in [3.63, 3.8) is 0 Å². The van der Waals surface area contributed by atoms with E-state index in [1.165, 1.54) is 0 Å². The molecule has 1 aromatic rings. The van der Waals surface area contributed by atoms with E-state index in [9.17, 15) is 9.59 Å². The van der Waals surface area contributed by atoms with Crippen LogP contribution >= 0.6 is 0 Å². The lowest BCUT2D eigenvalue weighted by Crippen LogP contribution is -2.46. The molecule has 0 aromatic heterocycles. The van der Waals surface area contributed by atoms with Gasteiger partial charge in [0.1, 0.15) is 11.5 Å². The Bertz CT molecular complexity index is 458. The topological polar surface area (TPSA) is 64.6 Å². The van der Waals surface area contributed by atoms with Gasteiger partial charge in [-0.2, -0.15) is 0 Å². The number of carbonyl (C=O) groups is 2. The second kappa shape index (κ2) is 5.53. The van der Waals surface area contributed by atoms with E-state index in [1.54, 1.807) is 18.2 Å². The molecule has 1 atom stereocenters. The summed E-state index contributed by atoms with van der Waals surface area (Å²) < 4.78 is 10.9. The van der Waals surface area contributed by atoms with Gasteiger partial charge >= 0.3 is 0 Å². The molecule has 18 heavy (non-hydrogen) atoms. The monoisotopic (exact) mass is 249 g/mol. The molecule has 0 saturated carbocycles. The molecule has 1 N–H and O–H groups in total. The summed E-state index contributed by atoms with van der Waals surface area (Å²) in [4.78, 5) is 22.5. The van der Waals surface area contributed by atoms with Crippen LogP contribution in [-0.2, 0) is 9.59 Å². The van der Waals surface area contributed by atoms with Crippen LogP contribution in [0.4, 0.5) is 0 Å². The third-order valence-corrected chi connectivity index (χ3v) is 2.58. The van der Waals surface area contributed by atoms with E-state index in [4.69, 9.17) is 9.47 Å². The van der Waals surface area contributed by atoms with Gasteiger partial charge in [0.05, 0.1) is 6.61 Å². The lowest BCUT2D eigenvalue weighted by molar-refractivity contribution is -0.138. The fourth-order valence-electron chi connectivity index (χ4n) is 1.75. The van der Waals surface area contributed by atoms with Crippen molar-refractivity contribution in [3.8, 4) is 11.5 Å². The number of piperidine rings is 1. The van der Waals surface area contributed by atoms with Gasteiger partial charge in [0.2, 0.25) is 5.91 Å². The highest BCUT2D eigenvalue weighted by Crippen LogP contribution is 2.22. The van der Waals surface area contributed by atoms with E-state index < -0.39 is 6.10 Å². The molecule has 5 nitrogen and oxygen atoms in total. The molecule has 1 unspecified atom stereocenters. The number of imide groups is 1. The Morgan fingerprint density at radius 3 is 2.83 bits per heavy atom. The Kier molecular flexibility index (Phi) is 3.82. The molecule has 1 aliphatic rings. The lowest BCUT2D eigenvalue weighted by Gasteiger charge is -2.22. The standard InChI is InChI=1S/C13H15NO4/c1-2-17-9-4-3-5-10(8-9)18-11-6-7-12(15)14-13(11)16/h3-5,8,11H,2,6-7H2,1H3,(H,14,15,16). The van der Waals surface area contributed by atoms with Crippen LogP contribution in [-0.4, -0.2) is 24.5 Å². The average molecular weight is 249 g/mol. The van der Waals surface area contributed by atoms with Crippen molar-refractivity contribution in [3.05, 3.63) is 24.3 Å². The molecule has 1 aliphatic heterocycles. The van der Waals surface area contributed by atoms with Gasteiger partial charge in [-0.25, -0.2) is 0 Å². The molecular weight excluding hydrogens is 234 g/mol. The van der Waals surface area contributed by atoms with E-state index in [-0.39, 0.29) is 11.8 Å². The van der Waals surface area contributed by atoms with Gasteiger partial charge in [0, 0.05) is 18.9 Å². The van der Waals surface area contributed by atoms with Crippen LogP contribution in [0.1, 0.15) is 19.8 Å². The van der Waals surface area contributed by atoms with E-state index in [0.717, 1.165) is 0 Å². The Hall–Kier alpha value is -2.04. The SMILES string of the molecule is CCOc1cccc(OC2CCC(=O)NC2=O)c1. The minimum absolute atomic E-state index is 0.247. The summed E-state index contributed by atoms with van der Waals surface area (Å²) in [6, 6.07) is 7.10. The zero-order valence-electron chi connectivity index (χ0n) is 10.1. The van der Waals surface area contributed by atoms with E-state index in [1.807, 2.05) is 13.0 Å². The van der Waals surface area contributed by atoms with Crippen molar-refractivity contribution >= 4 is 11.8 Å². The molecule has 96 valence electrons. The number of carbonyl (C=O) groups excluding carboxylic acids is 2. The minimum atomic E-state index is -0.612. The first-order chi connectivity index (χ1) is 8.69. The van der Waals surface area contributed by atoms with Gasteiger partial charge < -0.3 is 9.47 Å². The number of hydrogen-bond acceptors (Lipinski definition) is 4. The highest BCUT2D eigenvalue weighted by atomic mass is 16.5. The first-order valence-corrected chi connectivity index (χ1v) is 5.92. The summed E-state index contributed by atoms with van der Waals surface area (Å²) in [5, 5.41) is 2.26. The van der Waals surface area contributed by atoms with Gasteiger partial charge in [-0.15, -0.1) is 0 Å². The first-order valence-electron chi connectivity index (χ1n) is 5.92. The Balaban J connectivity index is 2.02. The molecule has 1 heterocycles. The second-order valence-electron chi connectivity index (χ2n) is 3.97. The normalized spacial score (nSPS) is 19.3. The van der Waals surface area contributed by atoms with E-state index >= 15 is 0 Å². The van der Waals surface area contributed by atoms with Gasteiger partial charge in [-0.1, -0.05) is 6.07 Å². The fraction of sp³-hybridized carbons (Fsp3) is 0.385. The third-order valence-electron chi connectivity index (χ3n) is 2.58. The quantitative estimate of drug-likeness (QED) is 0.816. The minimum Gasteiger partial charge on any atom is -0.494 e. The predicted molar refractivity (Wildman–Crippen MR) is 64.4 cm³/mol. The van der Waals surface area contributed by atoms with Crippen molar-refractivity contribution in [1.29, 1.82) is 0 Å². The van der Waals surface area contributed by atoms with Gasteiger partial charge in [0.15, 0.2) is 6.10 Å². The van der Waals surface area contributed by atoms with Gasteiger partial charge in [-0.3, -0.25) is 14.9 Å². The molecular formula is C13H15NO4. The lowest BCUT2D eigenvalue weighted by atomic mass is 10.1. The van der Waals surface area contributed by atoms with Crippen molar-refractivity contribution in [1.82, 2.24) is 5.32 Å². The molecule has 5 heteroatoms. The van der Waals surface area contributed by atoms with Crippen LogP contribution in [0.2, 0.25) is 0 Å². The summed E-state index contributed by atoms with van der Waals surface area (Å²) in [6.45, 7) is 2.47. The zero-order chi connectivity index (χ0) is 13.0. The van der Waals surface area contributed by atoms with Crippen LogP contribution in [0.3, 0.4) is 0 Å². The van der Waals surface area contributed by atoms with Crippen LogP contribution in [0.15, 0.2) is 24.3 Å². The third kappa shape index (κ3) is 3.00. The number of rotatable bonds is 4. The fourth-order valence-corrected chi connectivity index (χ4v) is 1.75. The average Bonchev–Trinajstić information content (AvgIpc) is 2.34. The van der Waals surface area contributed by atoms with Crippen molar-refractivity contribution in [2.24, 2.45) is 0 Å². The molecule has 0 spiro atoms. The summed E-state index contributed by atoms with van der Waals surface area (Å²) in [6.07, 6.45) is 0.102. The molecule has 2 amide bonds. The largest absolute Gasteiger partial charge is 0.494 e. The zero-order valence-corrected chi connectivity index (χ0v) is 10.1. The molecule has 2 rings (SSSR count). The summed E-state index contributed by atoms with van der Waals surface area (Å²) in [5.74, 6) is 0.633. The molecule has 1 saturated heterocycles. The molecule has 0 bridgehead atoms. The Labute approximate surface area is 105 Å². The molecule has 1 aromatic carbocycles. The highest BCUT2D eigenvalue weighted by Gasteiger charge is 2.28. The van der Waals surface area contributed by atoms with Crippen LogP contribution in [0.5, 0.6) is 11.5 Å². The number of amides is 2. The first kappa shape index (κ1) is 12.4. The maximum atomic E-state index is 11.5. The highest BCUT2D eigenvalue weighted by molar-refractivity contribution is 5.99. The molecule has 1 fully saturated rings. The van der Waals surface area contributed by atoms with Crippen molar-refractivity contribution in [2.75, 3.05) is 6.61 Å². The van der Waals surface area contributed by atoms with Crippen molar-refractivity contribution in [2.45, 2.75) is 25.9 Å². The maximum absolute atomic E-state index is 11.5. The molecule has 0 radical (unpaired) electrons. The number of nitrogens with one attached hydrogen (secondary N) is 1. The van der Waals surface area contributed by atoms with E-state index in [0.29, 0.717) is 30.9 Å². The summed E-state index contributed by atoms with van der Waals surface area (Å²) in [5.41, 5.74) is 0. The number of benzene rings is 1.